The number of ether oxygens (including phenoxy) is 1. The van der Waals surface area contributed by atoms with Crippen LogP contribution in [0.2, 0.25) is 0 Å². The van der Waals surface area contributed by atoms with E-state index in [2.05, 4.69) is 34.7 Å². The van der Waals surface area contributed by atoms with Crippen molar-refractivity contribution in [1.82, 2.24) is 0 Å². The van der Waals surface area contributed by atoms with Gasteiger partial charge in [-0.25, -0.2) is 4.39 Å². The van der Waals surface area contributed by atoms with E-state index in [0.717, 1.165) is 39.2 Å². The molecule has 4 heteroatoms. The highest BCUT2D eigenvalue weighted by atomic mass is 127. The number of hydrogen-bond donors (Lipinski definition) is 0. The Kier molecular flexibility index (Phi) is 5.06. The highest BCUT2D eigenvalue weighted by molar-refractivity contribution is 14.1. The number of halogens is 2. The lowest BCUT2D eigenvalue weighted by Gasteiger charge is -2.20. The standard InChI is InChI=1S/C17H16FIOS/c18-14-6-7-16(17-13(14)9-11-21-17)20-15(8-10-19)12-4-2-1-3-5-12/h1-7,15H,8-11H2/t15-/m1/s1. The van der Waals surface area contributed by atoms with Crippen LogP contribution in [0.5, 0.6) is 5.75 Å². The van der Waals surface area contributed by atoms with Gasteiger partial charge >= 0.3 is 0 Å². The van der Waals surface area contributed by atoms with Gasteiger partial charge in [-0.1, -0.05) is 52.9 Å². The summed E-state index contributed by atoms with van der Waals surface area (Å²) in [6.45, 7) is 0. The number of hydrogen-bond acceptors (Lipinski definition) is 2. The second-order valence-electron chi connectivity index (χ2n) is 4.95. The molecule has 1 atom stereocenters. The molecule has 0 amide bonds. The molecule has 0 saturated heterocycles. The number of fused-ring (bicyclic) bond motifs is 1. The SMILES string of the molecule is Fc1ccc(O[C@H](CCI)c2ccccc2)c2c1CCS2. The van der Waals surface area contributed by atoms with Gasteiger partial charge < -0.3 is 4.74 Å². The van der Waals surface area contributed by atoms with E-state index in [4.69, 9.17) is 4.74 Å². The van der Waals surface area contributed by atoms with Gasteiger partial charge in [0.15, 0.2) is 0 Å². The largest absolute Gasteiger partial charge is 0.485 e. The van der Waals surface area contributed by atoms with Crippen molar-refractivity contribution >= 4 is 34.4 Å². The summed E-state index contributed by atoms with van der Waals surface area (Å²) in [7, 11) is 0. The van der Waals surface area contributed by atoms with Crippen molar-refractivity contribution in [2.24, 2.45) is 0 Å². The Morgan fingerprint density at radius 3 is 2.76 bits per heavy atom. The Labute approximate surface area is 142 Å². The second kappa shape index (κ2) is 7.01. The third-order valence-corrected chi connectivity index (χ3v) is 5.34. The fourth-order valence-corrected chi connectivity index (χ4v) is 4.24. The summed E-state index contributed by atoms with van der Waals surface area (Å²) in [4.78, 5) is 0.990. The zero-order valence-electron chi connectivity index (χ0n) is 11.5. The third kappa shape index (κ3) is 3.37. The number of alkyl halides is 1. The van der Waals surface area contributed by atoms with Gasteiger partial charge in [-0.2, -0.15) is 0 Å². The first-order valence-electron chi connectivity index (χ1n) is 7.01. The van der Waals surface area contributed by atoms with E-state index in [1.165, 1.54) is 11.6 Å². The number of thioether (sulfide) groups is 1. The molecule has 21 heavy (non-hydrogen) atoms. The van der Waals surface area contributed by atoms with Gasteiger partial charge in [0.05, 0.1) is 4.90 Å². The Hall–Kier alpha value is -0.750. The molecule has 0 saturated carbocycles. The first-order valence-corrected chi connectivity index (χ1v) is 9.52. The zero-order chi connectivity index (χ0) is 14.7. The third-order valence-electron chi connectivity index (χ3n) is 3.58. The number of rotatable bonds is 5. The Morgan fingerprint density at radius 1 is 1.19 bits per heavy atom. The minimum Gasteiger partial charge on any atom is -0.485 e. The summed E-state index contributed by atoms with van der Waals surface area (Å²) in [6.07, 6.45) is 1.77. The van der Waals surface area contributed by atoms with Crippen molar-refractivity contribution in [3.8, 4) is 5.75 Å². The van der Waals surface area contributed by atoms with Gasteiger partial charge in [0.2, 0.25) is 0 Å². The first kappa shape index (κ1) is 15.2. The summed E-state index contributed by atoms with van der Waals surface area (Å²) in [5.74, 6) is 1.66. The average molecular weight is 414 g/mol. The Bertz CT molecular complexity index is 618. The van der Waals surface area contributed by atoms with Crippen LogP contribution in [0.25, 0.3) is 0 Å². The second-order valence-corrected chi connectivity index (χ2v) is 7.13. The maximum Gasteiger partial charge on any atom is 0.134 e. The van der Waals surface area contributed by atoms with E-state index in [-0.39, 0.29) is 11.9 Å². The first-order chi connectivity index (χ1) is 10.3. The van der Waals surface area contributed by atoms with Crippen LogP contribution in [-0.2, 0) is 6.42 Å². The van der Waals surface area contributed by atoms with Gasteiger partial charge in [-0.05, 0) is 30.5 Å². The van der Waals surface area contributed by atoms with Crippen LogP contribution in [0.15, 0.2) is 47.4 Å². The summed E-state index contributed by atoms with van der Waals surface area (Å²) in [5.41, 5.74) is 1.99. The molecule has 0 radical (unpaired) electrons. The fourth-order valence-electron chi connectivity index (χ4n) is 2.54. The van der Waals surface area contributed by atoms with Gasteiger partial charge in [0.25, 0.3) is 0 Å². The highest BCUT2D eigenvalue weighted by Gasteiger charge is 2.22. The molecule has 2 aromatic carbocycles. The minimum atomic E-state index is -0.104. The van der Waals surface area contributed by atoms with Crippen molar-refractivity contribution in [2.45, 2.75) is 23.8 Å². The van der Waals surface area contributed by atoms with Crippen LogP contribution in [0.1, 0.15) is 23.7 Å². The van der Waals surface area contributed by atoms with Gasteiger partial charge in [0.1, 0.15) is 17.7 Å². The normalized spacial score (nSPS) is 14.8. The molecule has 1 nitrogen and oxygen atoms in total. The summed E-state index contributed by atoms with van der Waals surface area (Å²) < 4.78 is 21.1. The average Bonchev–Trinajstić information content (AvgIpc) is 3.01. The van der Waals surface area contributed by atoms with E-state index in [9.17, 15) is 4.39 Å². The van der Waals surface area contributed by atoms with Crippen LogP contribution in [-0.4, -0.2) is 10.2 Å². The lowest BCUT2D eigenvalue weighted by molar-refractivity contribution is 0.198. The van der Waals surface area contributed by atoms with Crippen molar-refractivity contribution in [1.29, 1.82) is 0 Å². The monoisotopic (exact) mass is 414 g/mol. The molecule has 0 aromatic heterocycles. The molecule has 110 valence electrons. The molecular formula is C17H16FIOS. The molecule has 1 heterocycles. The topological polar surface area (TPSA) is 9.23 Å². The summed E-state index contributed by atoms with van der Waals surface area (Å²) in [6, 6.07) is 13.6. The number of benzene rings is 2. The quantitative estimate of drug-likeness (QED) is 0.478. The summed E-state index contributed by atoms with van der Waals surface area (Å²) >= 11 is 4.07. The van der Waals surface area contributed by atoms with Crippen LogP contribution in [0.4, 0.5) is 4.39 Å². The van der Waals surface area contributed by atoms with Gasteiger partial charge in [-0.3, -0.25) is 0 Å². The van der Waals surface area contributed by atoms with Crippen LogP contribution in [0.3, 0.4) is 0 Å². The smallest absolute Gasteiger partial charge is 0.134 e. The van der Waals surface area contributed by atoms with Crippen molar-refractivity contribution in [3.63, 3.8) is 0 Å². The van der Waals surface area contributed by atoms with E-state index < -0.39 is 0 Å². The maximum atomic E-state index is 13.8. The van der Waals surface area contributed by atoms with E-state index >= 15 is 0 Å². The summed E-state index contributed by atoms with van der Waals surface area (Å²) in [5, 5.41) is 0. The lowest BCUT2D eigenvalue weighted by Crippen LogP contribution is -2.09. The highest BCUT2D eigenvalue weighted by Crippen LogP contribution is 2.42. The lowest BCUT2D eigenvalue weighted by atomic mass is 10.1. The molecule has 1 aliphatic rings. The molecular weight excluding hydrogens is 398 g/mol. The Balaban J connectivity index is 1.89. The van der Waals surface area contributed by atoms with E-state index in [1.54, 1.807) is 17.8 Å². The molecule has 1 aliphatic heterocycles. The van der Waals surface area contributed by atoms with Crippen molar-refractivity contribution < 1.29 is 9.13 Å². The molecule has 0 fully saturated rings. The van der Waals surface area contributed by atoms with Gasteiger partial charge in [-0.15, -0.1) is 11.8 Å². The van der Waals surface area contributed by atoms with Crippen LogP contribution in [0, 0.1) is 5.82 Å². The minimum absolute atomic E-state index is 0.0267. The predicted molar refractivity (Wildman–Crippen MR) is 94.1 cm³/mol. The van der Waals surface area contributed by atoms with E-state index in [0.29, 0.717) is 0 Å². The molecule has 0 bridgehead atoms. The van der Waals surface area contributed by atoms with Gasteiger partial charge in [0, 0.05) is 15.7 Å². The molecule has 2 aromatic rings. The molecule has 0 aliphatic carbocycles. The maximum absolute atomic E-state index is 13.8. The molecule has 0 N–H and O–H groups in total. The molecule has 0 unspecified atom stereocenters. The molecule has 3 rings (SSSR count). The predicted octanol–water partition coefficient (Wildman–Crippen LogP) is 5.42. The molecule has 0 spiro atoms. The Morgan fingerprint density at radius 2 is 2.00 bits per heavy atom. The van der Waals surface area contributed by atoms with Crippen LogP contribution >= 0.6 is 34.4 Å². The van der Waals surface area contributed by atoms with Crippen molar-refractivity contribution in [3.05, 3.63) is 59.4 Å². The fraction of sp³-hybridized carbons (Fsp3) is 0.294. The van der Waals surface area contributed by atoms with E-state index in [1.807, 2.05) is 18.2 Å². The zero-order valence-corrected chi connectivity index (χ0v) is 14.5. The van der Waals surface area contributed by atoms with Crippen molar-refractivity contribution in [2.75, 3.05) is 10.2 Å². The van der Waals surface area contributed by atoms with Crippen LogP contribution < -0.4 is 4.74 Å².